The predicted octanol–water partition coefficient (Wildman–Crippen LogP) is 1.66. The van der Waals surface area contributed by atoms with E-state index in [-0.39, 0.29) is 24.5 Å². The molecule has 1 heterocycles. The van der Waals surface area contributed by atoms with E-state index in [4.69, 9.17) is 9.84 Å². The first kappa shape index (κ1) is 14.5. The topological polar surface area (TPSA) is 75.6 Å². The maximum atomic E-state index is 12.1. The predicted molar refractivity (Wildman–Crippen MR) is 73.2 cm³/mol. The molecule has 2 atom stereocenters. The zero-order chi connectivity index (χ0) is 14.5. The number of hydrogen-bond donors (Lipinski definition) is 2. The number of amides is 1. The first-order valence-corrected chi connectivity index (χ1v) is 6.75. The summed E-state index contributed by atoms with van der Waals surface area (Å²) in [5.74, 6) is -1.62. The van der Waals surface area contributed by atoms with Crippen LogP contribution in [0.5, 0.6) is 0 Å². The average Bonchev–Trinajstić information content (AvgIpc) is 2.45. The van der Waals surface area contributed by atoms with Gasteiger partial charge in [-0.1, -0.05) is 29.8 Å². The lowest BCUT2D eigenvalue weighted by molar-refractivity contribution is -0.141. The van der Waals surface area contributed by atoms with Crippen molar-refractivity contribution in [1.29, 1.82) is 0 Å². The first-order valence-electron chi connectivity index (χ1n) is 6.75. The van der Waals surface area contributed by atoms with Crippen LogP contribution in [0.25, 0.3) is 0 Å². The van der Waals surface area contributed by atoms with E-state index in [1.54, 1.807) is 0 Å². The van der Waals surface area contributed by atoms with Crippen LogP contribution in [-0.4, -0.2) is 30.1 Å². The molecular formula is C15H19NO4. The second-order valence-corrected chi connectivity index (χ2v) is 5.06. The van der Waals surface area contributed by atoms with E-state index in [1.165, 1.54) is 0 Å². The molecule has 2 N–H and O–H groups in total. The van der Waals surface area contributed by atoms with Crippen LogP contribution in [0.4, 0.5) is 0 Å². The summed E-state index contributed by atoms with van der Waals surface area (Å²) in [6.07, 6.45) is 1.23. The minimum atomic E-state index is -1.04. The number of carboxylic acid groups (broad SMARTS) is 1. The van der Waals surface area contributed by atoms with E-state index in [2.05, 4.69) is 5.32 Å². The van der Waals surface area contributed by atoms with Crippen LogP contribution in [0.2, 0.25) is 0 Å². The number of carbonyl (C=O) groups is 2. The molecule has 1 aliphatic heterocycles. The van der Waals surface area contributed by atoms with Crippen LogP contribution >= 0.6 is 0 Å². The number of nitrogens with one attached hydrogen (secondary N) is 1. The summed E-state index contributed by atoms with van der Waals surface area (Å²) in [6, 6.07) is 7.89. The van der Waals surface area contributed by atoms with Gasteiger partial charge in [0.25, 0.3) is 0 Å². The molecule has 1 fully saturated rings. The zero-order valence-corrected chi connectivity index (χ0v) is 11.5. The van der Waals surface area contributed by atoms with Crippen molar-refractivity contribution in [2.45, 2.75) is 25.9 Å². The van der Waals surface area contributed by atoms with Crippen LogP contribution in [0.15, 0.2) is 24.3 Å². The van der Waals surface area contributed by atoms with Crippen LogP contribution < -0.4 is 5.32 Å². The lowest BCUT2D eigenvalue weighted by Gasteiger charge is -2.31. The molecular weight excluding hydrogens is 258 g/mol. The second-order valence-electron chi connectivity index (χ2n) is 5.06. The van der Waals surface area contributed by atoms with Crippen molar-refractivity contribution in [3.8, 4) is 0 Å². The highest BCUT2D eigenvalue weighted by Crippen LogP contribution is 2.33. The van der Waals surface area contributed by atoms with Gasteiger partial charge >= 0.3 is 5.97 Å². The second kappa shape index (κ2) is 6.52. The van der Waals surface area contributed by atoms with E-state index < -0.39 is 5.97 Å². The Balaban J connectivity index is 2.10. The maximum Gasteiger partial charge on any atom is 0.322 e. The minimum absolute atomic E-state index is 0.252. The normalized spacial score (nSPS) is 22.2. The molecule has 0 aliphatic carbocycles. The number of aliphatic carboxylic acids is 1. The number of rotatable bonds is 4. The molecule has 0 bridgehead atoms. The fourth-order valence-electron chi connectivity index (χ4n) is 2.43. The van der Waals surface area contributed by atoms with Gasteiger partial charge in [-0.3, -0.25) is 9.59 Å². The summed E-state index contributed by atoms with van der Waals surface area (Å²) >= 11 is 0. The largest absolute Gasteiger partial charge is 0.480 e. The summed E-state index contributed by atoms with van der Waals surface area (Å²) in [4.78, 5) is 22.6. The summed E-state index contributed by atoms with van der Waals surface area (Å²) in [7, 11) is 0. The van der Waals surface area contributed by atoms with Gasteiger partial charge in [0, 0.05) is 6.61 Å². The van der Waals surface area contributed by atoms with Crippen molar-refractivity contribution in [3.63, 3.8) is 0 Å². The monoisotopic (exact) mass is 277 g/mol. The van der Waals surface area contributed by atoms with Gasteiger partial charge in [0.2, 0.25) is 5.91 Å². The Bertz CT molecular complexity index is 483. The molecule has 0 saturated carbocycles. The lowest BCUT2D eigenvalue weighted by Crippen LogP contribution is -2.39. The van der Waals surface area contributed by atoms with Crippen molar-refractivity contribution in [1.82, 2.24) is 5.32 Å². The van der Waals surface area contributed by atoms with Gasteiger partial charge in [0.15, 0.2) is 0 Å². The summed E-state index contributed by atoms with van der Waals surface area (Å²) in [5, 5.41) is 11.1. The third-order valence-corrected chi connectivity index (χ3v) is 3.48. The molecule has 1 saturated heterocycles. The highest BCUT2D eigenvalue weighted by molar-refractivity contribution is 5.83. The molecule has 1 aromatic rings. The van der Waals surface area contributed by atoms with Gasteiger partial charge < -0.3 is 15.2 Å². The molecule has 0 aromatic heterocycles. The van der Waals surface area contributed by atoms with Crippen LogP contribution in [-0.2, 0) is 14.3 Å². The summed E-state index contributed by atoms with van der Waals surface area (Å²) < 4.78 is 5.74. The molecule has 5 heteroatoms. The van der Waals surface area contributed by atoms with E-state index in [9.17, 15) is 9.59 Å². The van der Waals surface area contributed by atoms with Crippen molar-refractivity contribution in [2.75, 3.05) is 13.2 Å². The van der Waals surface area contributed by atoms with Gasteiger partial charge in [0.1, 0.15) is 6.54 Å². The Morgan fingerprint density at radius 3 is 2.70 bits per heavy atom. The Kier molecular flexibility index (Phi) is 4.74. The molecule has 0 spiro atoms. The molecule has 5 nitrogen and oxygen atoms in total. The van der Waals surface area contributed by atoms with Gasteiger partial charge in [-0.15, -0.1) is 0 Å². The SMILES string of the molecule is Cc1ccc([C@@H]2OCCC[C@@H]2C(=O)NCC(=O)O)cc1. The van der Waals surface area contributed by atoms with E-state index >= 15 is 0 Å². The fourth-order valence-corrected chi connectivity index (χ4v) is 2.43. The number of benzene rings is 1. The average molecular weight is 277 g/mol. The Labute approximate surface area is 117 Å². The van der Waals surface area contributed by atoms with Crippen LogP contribution in [0.1, 0.15) is 30.1 Å². The van der Waals surface area contributed by atoms with Crippen molar-refractivity contribution in [3.05, 3.63) is 35.4 Å². The highest BCUT2D eigenvalue weighted by atomic mass is 16.5. The Morgan fingerprint density at radius 2 is 2.05 bits per heavy atom. The highest BCUT2D eigenvalue weighted by Gasteiger charge is 2.33. The van der Waals surface area contributed by atoms with E-state index in [0.29, 0.717) is 13.0 Å². The number of aryl methyl sites for hydroxylation is 1. The Morgan fingerprint density at radius 1 is 1.35 bits per heavy atom. The zero-order valence-electron chi connectivity index (χ0n) is 11.5. The van der Waals surface area contributed by atoms with E-state index in [1.807, 2.05) is 31.2 Å². The van der Waals surface area contributed by atoms with Gasteiger partial charge in [-0.2, -0.15) is 0 Å². The quantitative estimate of drug-likeness (QED) is 0.877. The number of carbonyl (C=O) groups excluding carboxylic acids is 1. The van der Waals surface area contributed by atoms with Gasteiger partial charge in [-0.25, -0.2) is 0 Å². The number of hydrogen-bond acceptors (Lipinski definition) is 3. The third-order valence-electron chi connectivity index (χ3n) is 3.48. The molecule has 1 aliphatic rings. The fraction of sp³-hybridized carbons (Fsp3) is 0.467. The standard InChI is InChI=1S/C15H19NO4/c1-10-4-6-11(7-5-10)14-12(3-2-8-20-14)15(19)16-9-13(17)18/h4-7,12,14H,2-3,8-9H2,1H3,(H,16,19)(H,17,18)/t12-,14-/m0/s1. The molecule has 0 radical (unpaired) electrons. The maximum absolute atomic E-state index is 12.1. The number of ether oxygens (including phenoxy) is 1. The molecule has 1 aromatic carbocycles. The third kappa shape index (κ3) is 3.57. The van der Waals surface area contributed by atoms with Crippen LogP contribution in [0, 0.1) is 12.8 Å². The minimum Gasteiger partial charge on any atom is -0.480 e. The number of carboxylic acids is 1. The summed E-state index contributed by atoms with van der Waals surface area (Å²) in [5.41, 5.74) is 2.11. The van der Waals surface area contributed by atoms with Gasteiger partial charge in [-0.05, 0) is 25.3 Å². The van der Waals surface area contributed by atoms with Crippen molar-refractivity contribution < 1.29 is 19.4 Å². The van der Waals surface area contributed by atoms with Crippen molar-refractivity contribution >= 4 is 11.9 Å². The lowest BCUT2D eigenvalue weighted by atomic mass is 9.88. The molecule has 1 amide bonds. The molecule has 20 heavy (non-hydrogen) atoms. The molecule has 2 rings (SSSR count). The summed E-state index contributed by atoms with van der Waals surface area (Å²) in [6.45, 7) is 2.28. The molecule has 0 unspecified atom stereocenters. The van der Waals surface area contributed by atoms with Gasteiger partial charge in [0.05, 0.1) is 12.0 Å². The first-order chi connectivity index (χ1) is 9.58. The van der Waals surface area contributed by atoms with E-state index in [0.717, 1.165) is 17.5 Å². The van der Waals surface area contributed by atoms with Crippen molar-refractivity contribution in [2.24, 2.45) is 5.92 Å². The van der Waals surface area contributed by atoms with Crippen LogP contribution in [0.3, 0.4) is 0 Å². The smallest absolute Gasteiger partial charge is 0.322 e. The molecule has 108 valence electrons. The Hall–Kier alpha value is -1.88.